The number of halogens is 1. The maximum atomic E-state index is 3.68. The van der Waals surface area contributed by atoms with Crippen molar-refractivity contribution >= 4 is 27.3 Å². The van der Waals surface area contributed by atoms with Crippen LogP contribution in [0.15, 0.2) is 9.85 Å². The number of rotatable bonds is 7. The van der Waals surface area contributed by atoms with Crippen molar-refractivity contribution < 1.29 is 0 Å². The van der Waals surface area contributed by atoms with Crippen molar-refractivity contribution in [2.45, 2.75) is 53.0 Å². The predicted molar refractivity (Wildman–Crippen MR) is 81.9 cm³/mol. The molecule has 98 valence electrons. The fourth-order valence-corrected chi connectivity index (χ4v) is 3.76. The summed E-state index contributed by atoms with van der Waals surface area (Å²) in [6, 6.07) is 2.81. The third-order valence-electron chi connectivity index (χ3n) is 2.97. The lowest BCUT2D eigenvalue weighted by Crippen LogP contribution is -2.22. The summed E-state index contributed by atoms with van der Waals surface area (Å²) in [5, 5.41) is 3.68. The Morgan fingerprint density at radius 3 is 2.53 bits per heavy atom. The van der Waals surface area contributed by atoms with Gasteiger partial charge in [0, 0.05) is 10.9 Å². The van der Waals surface area contributed by atoms with Crippen molar-refractivity contribution in [1.82, 2.24) is 5.32 Å². The van der Waals surface area contributed by atoms with Crippen LogP contribution in [-0.4, -0.2) is 6.54 Å². The molecule has 1 atom stereocenters. The smallest absolute Gasteiger partial charge is 0.0704 e. The van der Waals surface area contributed by atoms with E-state index < -0.39 is 0 Å². The number of aryl methyl sites for hydroxylation is 1. The van der Waals surface area contributed by atoms with Crippen molar-refractivity contribution in [1.29, 1.82) is 0 Å². The number of thiophene rings is 1. The van der Waals surface area contributed by atoms with E-state index in [0.717, 1.165) is 12.5 Å². The van der Waals surface area contributed by atoms with Crippen molar-refractivity contribution in [3.05, 3.63) is 20.3 Å². The largest absolute Gasteiger partial charge is 0.310 e. The molecule has 1 unspecified atom stereocenters. The predicted octanol–water partition coefficient (Wildman–Crippen LogP) is 5.30. The summed E-state index contributed by atoms with van der Waals surface area (Å²) in [6.07, 6.45) is 3.72. The molecule has 0 aliphatic rings. The Kier molecular flexibility index (Phi) is 6.75. The van der Waals surface area contributed by atoms with Crippen LogP contribution in [0, 0.1) is 12.8 Å². The molecule has 0 fully saturated rings. The van der Waals surface area contributed by atoms with Crippen LogP contribution in [0.1, 0.15) is 56.5 Å². The molecule has 17 heavy (non-hydrogen) atoms. The molecule has 0 aliphatic heterocycles. The molecule has 0 radical (unpaired) electrons. The molecule has 0 saturated heterocycles. The topological polar surface area (TPSA) is 12.0 Å². The highest BCUT2D eigenvalue weighted by molar-refractivity contribution is 9.11. The summed E-state index contributed by atoms with van der Waals surface area (Å²) < 4.78 is 1.25. The first-order valence-corrected chi connectivity index (χ1v) is 8.14. The third kappa shape index (κ3) is 5.11. The molecule has 1 rings (SSSR count). The maximum absolute atomic E-state index is 3.68. The van der Waals surface area contributed by atoms with Gasteiger partial charge in [-0.3, -0.25) is 0 Å². The van der Waals surface area contributed by atoms with E-state index >= 15 is 0 Å². The normalized spacial score (nSPS) is 13.3. The molecular weight excluding hydrogens is 294 g/mol. The minimum Gasteiger partial charge on any atom is -0.310 e. The van der Waals surface area contributed by atoms with E-state index in [2.05, 4.69) is 55.0 Å². The van der Waals surface area contributed by atoms with Crippen molar-refractivity contribution in [3.8, 4) is 0 Å². The van der Waals surface area contributed by atoms with E-state index in [1.807, 2.05) is 11.3 Å². The SMILES string of the molecule is CCCNC(CCC(C)C)c1cc(Br)sc1C. The average Bonchev–Trinajstić information content (AvgIpc) is 2.58. The number of hydrogen-bond acceptors (Lipinski definition) is 2. The summed E-state index contributed by atoms with van der Waals surface area (Å²) in [4.78, 5) is 1.44. The molecule has 1 aromatic rings. The van der Waals surface area contributed by atoms with Gasteiger partial charge >= 0.3 is 0 Å². The van der Waals surface area contributed by atoms with E-state index in [-0.39, 0.29) is 0 Å². The van der Waals surface area contributed by atoms with Crippen LogP contribution in [0.25, 0.3) is 0 Å². The summed E-state index contributed by atoms with van der Waals surface area (Å²) in [5.41, 5.74) is 1.48. The van der Waals surface area contributed by atoms with Crippen LogP contribution in [-0.2, 0) is 0 Å². The van der Waals surface area contributed by atoms with Gasteiger partial charge in [-0.2, -0.15) is 0 Å². The molecule has 0 amide bonds. The molecule has 1 aromatic heterocycles. The Bertz CT molecular complexity index is 333. The van der Waals surface area contributed by atoms with Gasteiger partial charge in [-0.25, -0.2) is 0 Å². The van der Waals surface area contributed by atoms with Crippen LogP contribution in [0.2, 0.25) is 0 Å². The van der Waals surface area contributed by atoms with Crippen molar-refractivity contribution in [3.63, 3.8) is 0 Å². The van der Waals surface area contributed by atoms with Crippen LogP contribution < -0.4 is 5.32 Å². The fourth-order valence-electron chi connectivity index (χ4n) is 1.99. The first kappa shape index (κ1) is 15.2. The number of nitrogens with one attached hydrogen (secondary N) is 1. The van der Waals surface area contributed by atoms with E-state index in [0.29, 0.717) is 6.04 Å². The standard InChI is InChI=1S/C14H24BrNS/c1-5-8-16-13(7-6-10(2)3)12-9-14(15)17-11(12)4/h9-10,13,16H,5-8H2,1-4H3. The van der Waals surface area contributed by atoms with Crippen molar-refractivity contribution in [2.75, 3.05) is 6.54 Å². The molecule has 0 bridgehead atoms. The molecule has 0 spiro atoms. The zero-order valence-electron chi connectivity index (χ0n) is 11.3. The van der Waals surface area contributed by atoms with E-state index in [1.54, 1.807) is 0 Å². The summed E-state index contributed by atoms with van der Waals surface area (Å²) in [6.45, 7) is 10.2. The lowest BCUT2D eigenvalue weighted by molar-refractivity contribution is 0.440. The Labute approximate surface area is 118 Å². The zero-order valence-corrected chi connectivity index (χ0v) is 13.7. The molecule has 0 aromatic carbocycles. The van der Waals surface area contributed by atoms with Crippen LogP contribution in [0.3, 0.4) is 0 Å². The van der Waals surface area contributed by atoms with Gasteiger partial charge in [0.05, 0.1) is 3.79 Å². The lowest BCUT2D eigenvalue weighted by Gasteiger charge is -2.19. The van der Waals surface area contributed by atoms with Gasteiger partial charge in [0.1, 0.15) is 0 Å². The minimum atomic E-state index is 0.528. The van der Waals surface area contributed by atoms with E-state index in [1.165, 1.54) is 33.5 Å². The molecule has 1 heterocycles. The van der Waals surface area contributed by atoms with Gasteiger partial charge < -0.3 is 5.32 Å². The monoisotopic (exact) mass is 317 g/mol. The first-order chi connectivity index (χ1) is 8.04. The Balaban J connectivity index is 2.70. The summed E-state index contributed by atoms with van der Waals surface area (Å²) >= 11 is 5.43. The molecule has 3 heteroatoms. The minimum absolute atomic E-state index is 0.528. The van der Waals surface area contributed by atoms with Crippen LogP contribution in [0.4, 0.5) is 0 Å². The molecule has 1 N–H and O–H groups in total. The second-order valence-electron chi connectivity index (χ2n) is 5.04. The van der Waals surface area contributed by atoms with Crippen LogP contribution >= 0.6 is 27.3 Å². The Morgan fingerprint density at radius 2 is 2.06 bits per heavy atom. The summed E-state index contributed by atoms with van der Waals surface area (Å²) in [7, 11) is 0. The Morgan fingerprint density at radius 1 is 1.35 bits per heavy atom. The lowest BCUT2D eigenvalue weighted by atomic mass is 9.98. The van der Waals surface area contributed by atoms with Gasteiger partial charge in [0.25, 0.3) is 0 Å². The molecule has 1 nitrogen and oxygen atoms in total. The van der Waals surface area contributed by atoms with Crippen LogP contribution in [0.5, 0.6) is 0 Å². The molecular formula is C14H24BrNS. The van der Waals surface area contributed by atoms with E-state index in [4.69, 9.17) is 0 Å². The van der Waals surface area contributed by atoms with Gasteiger partial charge in [-0.15, -0.1) is 11.3 Å². The highest BCUT2D eigenvalue weighted by atomic mass is 79.9. The third-order valence-corrected chi connectivity index (χ3v) is 4.54. The number of hydrogen-bond donors (Lipinski definition) is 1. The summed E-state index contributed by atoms with van der Waals surface area (Å²) in [5.74, 6) is 0.781. The van der Waals surface area contributed by atoms with E-state index in [9.17, 15) is 0 Å². The average molecular weight is 318 g/mol. The maximum Gasteiger partial charge on any atom is 0.0704 e. The highest BCUT2D eigenvalue weighted by Crippen LogP contribution is 2.33. The zero-order chi connectivity index (χ0) is 12.8. The van der Waals surface area contributed by atoms with Gasteiger partial charge in [-0.1, -0.05) is 20.8 Å². The highest BCUT2D eigenvalue weighted by Gasteiger charge is 2.15. The molecule has 0 aliphatic carbocycles. The fraction of sp³-hybridized carbons (Fsp3) is 0.714. The van der Waals surface area contributed by atoms with Crippen molar-refractivity contribution in [2.24, 2.45) is 5.92 Å². The molecule has 0 saturated carbocycles. The van der Waals surface area contributed by atoms with Gasteiger partial charge in [-0.05, 0) is 66.2 Å². The second-order valence-corrected chi connectivity index (χ2v) is 7.68. The van der Waals surface area contributed by atoms with Gasteiger partial charge in [0.2, 0.25) is 0 Å². The second kappa shape index (κ2) is 7.55. The first-order valence-electron chi connectivity index (χ1n) is 6.53. The van der Waals surface area contributed by atoms with Gasteiger partial charge in [0.15, 0.2) is 0 Å². The quantitative estimate of drug-likeness (QED) is 0.720. The Hall–Kier alpha value is 0.140.